The normalized spacial score (nSPS) is 16.9. The van der Waals surface area contributed by atoms with Gasteiger partial charge in [-0.2, -0.15) is 4.98 Å². The number of aromatic nitrogens is 2. The zero-order valence-electron chi connectivity index (χ0n) is 9.80. The molecule has 1 aromatic heterocycles. The fourth-order valence-electron chi connectivity index (χ4n) is 2.00. The van der Waals surface area contributed by atoms with E-state index in [4.69, 9.17) is 10.5 Å². The number of nitrogen functional groups attached to an aromatic ring is 1. The average Bonchev–Trinajstić information content (AvgIpc) is 2.38. The number of hydrogen-bond acceptors (Lipinski definition) is 6. The van der Waals surface area contributed by atoms with E-state index in [0.717, 1.165) is 25.9 Å². The molecule has 1 saturated heterocycles. The Morgan fingerprint density at radius 2 is 2.24 bits per heavy atom. The molecule has 6 heteroatoms. The van der Waals surface area contributed by atoms with E-state index < -0.39 is 0 Å². The van der Waals surface area contributed by atoms with Crippen LogP contribution in [0.15, 0.2) is 12.3 Å². The van der Waals surface area contributed by atoms with Crippen molar-refractivity contribution in [1.29, 1.82) is 0 Å². The molecule has 1 aromatic rings. The van der Waals surface area contributed by atoms with Crippen LogP contribution in [0, 0.1) is 5.92 Å². The molecule has 92 valence electrons. The van der Waals surface area contributed by atoms with Crippen molar-refractivity contribution in [2.75, 3.05) is 30.8 Å². The van der Waals surface area contributed by atoms with E-state index >= 15 is 0 Å². The Morgan fingerprint density at radius 1 is 1.53 bits per heavy atom. The van der Waals surface area contributed by atoms with Crippen LogP contribution in [0.1, 0.15) is 12.8 Å². The van der Waals surface area contributed by atoms with Gasteiger partial charge in [0.1, 0.15) is 5.82 Å². The number of methoxy groups -OCH3 is 1. The molecular weight excluding hydrogens is 220 g/mol. The first-order valence-electron chi connectivity index (χ1n) is 5.62. The zero-order valence-corrected chi connectivity index (χ0v) is 9.80. The van der Waals surface area contributed by atoms with Crippen LogP contribution in [-0.2, 0) is 9.53 Å². The number of piperidine rings is 1. The van der Waals surface area contributed by atoms with Gasteiger partial charge in [-0.15, -0.1) is 0 Å². The lowest BCUT2D eigenvalue weighted by molar-refractivity contribution is -0.146. The fourth-order valence-corrected chi connectivity index (χ4v) is 2.00. The van der Waals surface area contributed by atoms with Crippen LogP contribution in [0.2, 0.25) is 0 Å². The molecule has 2 heterocycles. The molecule has 2 N–H and O–H groups in total. The van der Waals surface area contributed by atoms with Crippen molar-refractivity contribution < 1.29 is 9.53 Å². The quantitative estimate of drug-likeness (QED) is 0.751. The average molecular weight is 236 g/mol. The van der Waals surface area contributed by atoms with Crippen molar-refractivity contribution in [1.82, 2.24) is 9.97 Å². The molecule has 0 unspecified atom stereocenters. The van der Waals surface area contributed by atoms with E-state index in [1.165, 1.54) is 7.11 Å². The first kappa shape index (κ1) is 11.6. The maximum absolute atomic E-state index is 11.4. The molecule has 17 heavy (non-hydrogen) atoms. The number of esters is 1. The van der Waals surface area contributed by atoms with E-state index in [1.807, 2.05) is 4.90 Å². The number of nitrogens with two attached hydrogens (primary N) is 1. The maximum atomic E-state index is 11.4. The van der Waals surface area contributed by atoms with E-state index in [1.54, 1.807) is 12.3 Å². The second kappa shape index (κ2) is 4.99. The molecule has 0 radical (unpaired) electrons. The number of carbonyl (C=O) groups is 1. The van der Waals surface area contributed by atoms with Gasteiger partial charge in [0.15, 0.2) is 0 Å². The van der Waals surface area contributed by atoms with Gasteiger partial charge in [-0.1, -0.05) is 0 Å². The highest BCUT2D eigenvalue weighted by Crippen LogP contribution is 2.21. The molecule has 0 amide bonds. The second-order valence-corrected chi connectivity index (χ2v) is 4.07. The highest BCUT2D eigenvalue weighted by Gasteiger charge is 2.26. The summed E-state index contributed by atoms with van der Waals surface area (Å²) in [4.78, 5) is 21.7. The summed E-state index contributed by atoms with van der Waals surface area (Å²) >= 11 is 0. The van der Waals surface area contributed by atoms with Gasteiger partial charge in [0.25, 0.3) is 0 Å². The minimum absolute atomic E-state index is 0.00249. The summed E-state index contributed by atoms with van der Waals surface area (Å²) in [6.45, 7) is 1.51. The van der Waals surface area contributed by atoms with Crippen molar-refractivity contribution in [3.8, 4) is 0 Å². The predicted octanol–water partition coefficient (Wildman–Crippen LogP) is 0.448. The summed E-state index contributed by atoms with van der Waals surface area (Å²) in [6, 6.07) is 1.66. The topological polar surface area (TPSA) is 81.3 Å². The number of ether oxygens (including phenoxy) is 1. The zero-order chi connectivity index (χ0) is 12.3. The van der Waals surface area contributed by atoms with Gasteiger partial charge >= 0.3 is 5.97 Å². The minimum Gasteiger partial charge on any atom is -0.469 e. The third-order valence-electron chi connectivity index (χ3n) is 2.98. The van der Waals surface area contributed by atoms with Gasteiger partial charge in [0, 0.05) is 19.3 Å². The lowest BCUT2D eigenvalue weighted by Gasteiger charge is -2.30. The molecular formula is C11H16N4O2. The summed E-state index contributed by atoms with van der Waals surface area (Å²) in [7, 11) is 1.43. The summed E-state index contributed by atoms with van der Waals surface area (Å²) in [6.07, 6.45) is 3.18. The Morgan fingerprint density at radius 3 is 2.82 bits per heavy atom. The number of nitrogens with zero attached hydrogens (tertiary/aromatic N) is 3. The first-order chi connectivity index (χ1) is 8.20. The number of anilines is 2. The van der Waals surface area contributed by atoms with Crippen LogP contribution in [0.3, 0.4) is 0 Å². The van der Waals surface area contributed by atoms with E-state index in [2.05, 4.69) is 9.97 Å². The highest BCUT2D eigenvalue weighted by atomic mass is 16.5. The van der Waals surface area contributed by atoms with Gasteiger partial charge < -0.3 is 15.4 Å². The second-order valence-electron chi connectivity index (χ2n) is 4.07. The largest absolute Gasteiger partial charge is 0.469 e. The molecule has 2 rings (SSSR count). The first-order valence-corrected chi connectivity index (χ1v) is 5.62. The maximum Gasteiger partial charge on any atom is 0.308 e. The summed E-state index contributed by atoms with van der Waals surface area (Å²) < 4.78 is 4.74. The summed E-state index contributed by atoms with van der Waals surface area (Å²) in [5.74, 6) is 0.967. The Kier molecular flexibility index (Phi) is 3.41. The molecule has 0 bridgehead atoms. The van der Waals surface area contributed by atoms with Crippen molar-refractivity contribution in [3.05, 3.63) is 12.3 Å². The summed E-state index contributed by atoms with van der Waals surface area (Å²) in [5, 5.41) is 0. The SMILES string of the molecule is COC(=O)C1CCN(c2nccc(N)n2)CC1. The van der Waals surface area contributed by atoms with Crippen LogP contribution >= 0.6 is 0 Å². The minimum atomic E-state index is -0.127. The van der Waals surface area contributed by atoms with Crippen molar-refractivity contribution in [3.63, 3.8) is 0 Å². The van der Waals surface area contributed by atoms with E-state index in [0.29, 0.717) is 11.8 Å². The Balaban J connectivity index is 1.97. The third-order valence-corrected chi connectivity index (χ3v) is 2.98. The van der Waals surface area contributed by atoms with E-state index in [9.17, 15) is 4.79 Å². The molecule has 0 atom stereocenters. The fraction of sp³-hybridized carbons (Fsp3) is 0.545. The molecule has 1 aliphatic rings. The Hall–Kier alpha value is -1.85. The van der Waals surface area contributed by atoms with Gasteiger partial charge in [0.2, 0.25) is 5.95 Å². The molecule has 0 spiro atoms. The van der Waals surface area contributed by atoms with Crippen LogP contribution in [0.5, 0.6) is 0 Å². The van der Waals surface area contributed by atoms with Crippen LogP contribution in [-0.4, -0.2) is 36.1 Å². The van der Waals surface area contributed by atoms with Crippen molar-refractivity contribution in [2.45, 2.75) is 12.8 Å². The van der Waals surface area contributed by atoms with Crippen LogP contribution in [0.4, 0.5) is 11.8 Å². The Bertz CT molecular complexity index is 402. The monoisotopic (exact) mass is 236 g/mol. The standard InChI is InChI=1S/C11H16N4O2/c1-17-10(16)8-3-6-15(7-4-8)11-13-5-2-9(12)14-11/h2,5,8H,3-4,6-7H2,1H3,(H2,12,13,14). The van der Waals surface area contributed by atoms with Crippen molar-refractivity contribution >= 4 is 17.7 Å². The van der Waals surface area contributed by atoms with Gasteiger partial charge in [-0.25, -0.2) is 4.98 Å². The molecule has 1 fully saturated rings. The third kappa shape index (κ3) is 2.64. The molecule has 0 aliphatic carbocycles. The number of hydrogen-bond donors (Lipinski definition) is 1. The number of carbonyl (C=O) groups excluding carboxylic acids is 1. The van der Waals surface area contributed by atoms with Crippen molar-refractivity contribution in [2.24, 2.45) is 5.92 Å². The van der Waals surface area contributed by atoms with Gasteiger partial charge in [-0.3, -0.25) is 4.79 Å². The number of rotatable bonds is 2. The van der Waals surface area contributed by atoms with Gasteiger partial charge in [-0.05, 0) is 18.9 Å². The van der Waals surface area contributed by atoms with Gasteiger partial charge in [0.05, 0.1) is 13.0 Å². The van der Waals surface area contributed by atoms with E-state index in [-0.39, 0.29) is 11.9 Å². The lowest BCUT2D eigenvalue weighted by atomic mass is 9.97. The van der Waals surface area contributed by atoms with Crippen LogP contribution in [0.25, 0.3) is 0 Å². The Labute approximate surface area is 99.8 Å². The lowest BCUT2D eigenvalue weighted by Crippen LogP contribution is -2.37. The molecule has 1 aliphatic heterocycles. The molecule has 0 aromatic carbocycles. The molecule has 0 saturated carbocycles. The smallest absolute Gasteiger partial charge is 0.308 e. The van der Waals surface area contributed by atoms with Crippen LogP contribution < -0.4 is 10.6 Å². The molecule has 6 nitrogen and oxygen atoms in total. The summed E-state index contributed by atoms with van der Waals surface area (Å²) in [5.41, 5.74) is 5.61. The highest BCUT2D eigenvalue weighted by molar-refractivity contribution is 5.72. The predicted molar refractivity (Wildman–Crippen MR) is 63.4 cm³/mol.